The van der Waals surface area contributed by atoms with Crippen LogP contribution in [0.4, 0.5) is 5.69 Å². The Labute approximate surface area is 187 Å². The topological polar surface area (TPSA) is 70.7 Å². The summed E-state index contributed by atoms with van der Waals surface area (Å²) in [6.07, 6.45) is 0.0499. The van der Waals surface area contributed by atoms with Crippen molar-refractivity contribution in [1.82, 2.24) is 10.2 Å². The van der Waals surface area contributed by atoms with Gasteiger partial charge in [-0.05, 0) is 85.3 Å². The summed E-state index contributed by atoms with van der Waals surface area (Å²) < 4.78 is 6.39. The number of hydrogen-bond acceptors (Lipinski definition) is 4. The van der Waals surface area contributed by atoms with E-state index in [1.807, 2.05) is 13.8 Å². The van der Waals surface area contributed by atoms with Gasteiger partial charge in [-0.1, -0.05) is 13.8 Å². The summed E-state index contributed by atoms with van der Waals surface area (Å²) in [6, 6.07) is 12.1. The van der Waals surface area contributed by atoms with Crippen molar-refractivity contribution in [3.8, 4) is 5.75 Å². The molecule has 0 aliphatic heterocycles. The van der Waals surface area contributed by atoms with Gasteiger partial charge in [0.15, 0.2) is 0 Å². The fraction of sp³-hybridized carbons (Fsp3) is 0.391. The Kier molecular flexibility index (Phi) is 9.33. The van der Waals surface area contributed by atoms with E-state index < -0.39 is 0 Å². The lowest BCUT2D eigenvalue weighted by atomic mass is 10.1. The van der Waals surface area contributed by atoms with Gasteiger partial charge in [-0.2, -0.15) is 0 Å². The molecule has 2 N–H and O–H groups in total. The normalized spacial score (nSPS) is 10.9. The van der Waals surface area contributed by atoms with Gasteiger partial charge in [-0.15, -0.1) is 0 Å². The minimum Gasteiger partial charge on any atom is -0.490 e. The summed E-state index contributed by atoms with van der Waals surface area (Å²) in [5, 5.41) is 5.77. The number of amides is 2. The van der Waals surface area contributed by atoms with Gasteiger partial charge in [-0.3, -0.25) is 9.59 Å². The predicted octanol–water partition coefficient (Wildman–Crippen LogP) is 4.56. The molecule has 0 unspecified atom stereocenters. The van der Waals surface area contributed by atoms with Gasteiger partial charge in [0.2, 0.25) is 0 Å². The van der Waals surface area contributed by atoms with Gasteiger partial charge in [0.05, 0.1) is 10.6 Å². The highest BCUT2D eigenvalue weighted by molar-refractivity contribution is 9.10. The van der Waals surface area contributed by atoms with E-state index in [9.17, 15) is 9.59 Å². The highest BCUT2D eigenvalue weighted by atomic mass is 79.9. The third-order valence-corrected chi connectivity index (χ3v) is 5.19. The molecule has 0 aromatic heterocycles. The van der Waals surface area contributed by atoms with Crippen LogP contribution in [0.1, 0.15) is 48.4 Å². The molecule has 2 amide bonds. The zero-order valence-corrected chi connectivity index (χ0v) is 19.6. The lowest BCUT2D eigenvalue weighted by molar-refractivity contribution is 0.0948. The first-order valence-electron chi connectivity index (χ1n) is 10.2. The second kappa shape index (κ2) is 11.7. The molecule has 2 aromatic rings. The van der Waals surface area contributed by atoms with Gasteiger partial charge >= 0.3 is 0 Å². The number of ether oxygens (including phenoxy) is 1. The first-order valence-corrected chi connectivity index (χ1v) is 11.0. The first-order chi connectivity index (χ1) is 14.3. The van der Waals surface area contributed by atoms with E-state index in [-0.39, 0.29) is 17.9 Å². The van der Waals surface area contributed by atoms with Crippen molar-refractivity contribution in [3.63, 3.8) is 0 Å². The Hall–Kier alpha value is -2.38. The maximum absolute atomic E-state index is 12.5. The highest BCUT2D eigenvalue weighted by Gasteiger charge is 2.11. The SMILES string of the molecule is CCN(CC)CCNC(=O)c1ccc(NC(=O)c2ccc(OC(C)C)c(Br)c2)cc1. The summed E-state index contributed by atoms with van der Waals surface area (Å²) in [6.45, 7) is 11.4. The van der Waals surface area contributed by atoms with Crippen molar-refractivity contribution in [2.24, 2.45) is 0 Å². The molecule has 162 valence electrons. The number of halogens is 1. The lowest BCUT2D eigenvalue weighted by Gasteiger charge is -2.18. The van der Waals surface area contributed by atoms with Gasteiger partial charge < -0.3 is 20.3 Å². The maximum atomic E-state index is 12.5. The summed E-state index contributed by atoms with van der Waals surface area (Å²) in [5.74, 6) is 0.339. The Morgan fingerprint density at radius 1 is 1.00 bits per heavy atom. The summed E-state index contributed by atoms with van der Waals surface area (Å²) in [7, 11) is 0. The third kappa shape index (κ3) is 7.15. The van der Waals surface area contributed by atoms with Crippen LogP contribution >= 0.6 is 15.9 Å². The molecule has 2 rings (SSSR count). The quantitative estimate of drug-likeness (QED) is 0.528. The van der Waals surface area contributed by atoms with E-state index >= 15 is 0 Å². The number of benzene rings is 2. The van der Waals surface area contributed by atoms with Crippen molar-refractivity contribution in [2.75, 3.05) is 31.5 Å². The minimum absolute atomic E-state index is 0.0499. The van der Waals surface area contributed by atoms with Gasteiger partial charge in [0.1, 0.15) is 5.75 Å². The van der Waals surface area contributed by atoms with Crippen LogP contribution in [0.3, 0.4) is 0 Å². The van der Waals surface area contributed by atoms with E-state index in [1.54, 1.807) is 42.5 Å². The van der Waals surface area contributed by atoms with Crippen LogP contribution < -0.4 is 15.4 Å². The van der Waals surface area contributed by atoms with Gasteiger partial charge in [0, 0.05) is 29.9 Å². The van der Waals surface area contributed by atoms with E-state index in [0.29, 0.717) is 29.1 Å². The number of anilines is 1. The molecular formula is C23H30BrN3O3. The highest BCUT2D eigenvalue weighted by Crippen LogP contribution is 2.27. The Morgan fingerprint density at radius 3 is 2.20 bits per heavy atom. The fourth-order valence-electron chi connectivity index (χ4n) is 2.87. The number of rotatable bonds is 10. The lowest BCUT2D eigenvalue weighted by Crippen LogP contribution is -2.34. The molecule has 0 saturated heterocycles. The number of carbonyl (C=O) groups is 2. The van der Waals surface area contributed by atoms with E-state index in [4.69, 9.17) is 4.74 Å². The van der Waals surface area contributed by atoms with Crippen LogP contribution in [0.25, 0.3) is 0 Å². The standard InChI is InChI=1S/C23H30BrN3O3/c1-5-27(6-2)14-13-25-22(28)17-7-10-19(11-8-17)26-23(29)18-9-12-21(20(24)15-18)30-16(3)4/h7-12,15-16H,5-6,13-14H2,1-4H3,(H,25,28)(H,26,29). The number of nitrogens with zero attached hydrogens (tertiary/aromatic N) is 1. The molecule has 6 nitrogen and oxygen atoms in total. The van der Waals surface area contributed by atoms with Crippen molar-refractivity contribution < 1.29 is 14.3 Å². The van der Waals surface area contributed by atoms with Crippen LogP contribution in [-0.4, -0.2) is 49.0 Å². The number of nitrogens with one attached hydrogen (secondary N) is 2. The third-order valence-electron chi connectivity index (χ3n) is 4.57. The van der Waals surface area contributed by atoms with E-state index in [0.717, 1.165) is 24.1 Å². The second-order valence-corrected chi connectivity index (χ2v) is 7.98. The smallest absolute Gasteiger partial charge is 0.255 e. The van der Waals surface area contributed by atoms with Crippen molar-refractivity contribution in [1.29, 1.82) is 0 Å². The van der Waals surface area contributed by atoms with Crippen LogP contribution in [-0.2, 0) is 0 Å². The maximum Gasteiger partial charge on any atom is 0.255 e. The largest absolute Gasteiger partial charge is 0.490 e. The van der Waals surface area contributed by atoms with Crippen molar-refractivity contribution >= 4 is 33.4 Å². The zero-order valence-electron chi connectivity index (χ0n) is 18.0. The molecule has 0 spiro atoms. The molecule has 0 atom stereocenters. The molecule has 0 fully saturated rings. The Bertz CT molecular complexity index is 849. The molecule has 0 bridgehead atoms. The number of likely N-dealkylation sites (N-methyl/N-ethyl adjacent to an activating group) is 1. The molecule has 0 saturated carbocycles. The van der Waals surface area contributed by atoms with Crippen molar-refractivity contribution in [2.45, 2.75) is 33.8 Å². The molecule has 2 aromatic carbocycles. The molecule has 0 radical (unpaired) electrons. The predicted molar refractivity (Wildman–Crippen MR) is 124 cm³/mol. The van der Waals surface area contributed by atoms with Gasteiger partial charge in [-0.25, -0.2) is 0 Å². The van der Waals surface area contributed by atoms with E-state index in [1.165, 1.54) is 0 Å². The Morgan fingerprint density at radius 2 is 1.63 bits per heavy atom. The number of carbonyl (C=O) groups excluding carboxylic acids is 2. The molecule has 0 aliphatic rings. The molecule has 0 aliphatic carbocycles. The Balaban J connectivity index is 1.93. The van der Waals surface area contributed by atoms with E-state index in [2.05, 4.69) is 45.3 Å². The van der Waals surface area contributed by atoms with Gasteiger partial charge in [0.25, 0.3) is 11.8 Å². The molecule has 30 heavy (non-hydrogen) atoms. The average molecular weight is 476 g/mol. The molecular weight excluding hydrogens is 446 g/mol. The van der Waals surface area contributed by atoms with Crippen LogP contribution in [0.5, 0.6) is 5.75 Å². The van der Waals surface area contributed by atoms with Crippen LogP contribution in [0, 0.1) is 0 Å². The minimum atomic E-state index is -0.233. The fourth-order valence-corrected chi connectivity index (χ4v) is 3.34. The zero-order chi connectivity index (χ0) is 22.1. The van der Waals surface area contributed by atoms with Crippen LogP contribution in [0.15, 0.2) is 46.9 Å². The monoisotopic (exact) mass is 475 g/mol. The molecule has 0 heterocycles. The summed E-state index contributed by atoms with van der Waals surface area (Å²) in [4.78, 5) is 27.0. The van der Waals surface area contributed by atoms with Crippen molar-refractivity contribution in [3.05, 3.63) is 58.1 Å². The summed E-state index contributed by atoms with van der Waals surface area (Å²) >= 11 is 3.44. The second-order valence-electron chi connectivity index (χ2n) is 7.13. The summed E-state index contributed by atoms with van der Waals surface area (Å²) in [5.41, 5.74) is 1.69. The first kappa shape index (κ1) is 23.9. The average Bonchev–Trinajstić information content (AvgIpc) is 2.72. The van der Waals surface area contributed by atoms with Crippen LogP contribution in [0.2, 0.25) is 0 Å². The molecule has 7 heteroatoms. The number of hydrogen-bond donors (Lipinski definition) is 2.